The largest absolute Gasteiger partial charge is 0.382 e. The molecule has 1 aliphatic rings. The third kappa shape index (κ3) is 2.48. The Morgan fingerprint density at radius 2 is 2.17 bits per heavy atom. The maximum Gasteiger partial charge on any atom is 0.159 e. The summed E-state index contributed by atoms with van der Waals surface area (Å²) in [6, 6.07) is 4.10. The van der Waals surface area contributed by atoms with Crippen LogP contribution in [0.1, 0.15) is 24.5 Å². The number of hydrogen-bond donors (Lipinski definition) is 1. The molecule has 1 fully saturated rings. The van der Waals surface area contributed by atoms with Crippen LogP contribution in [0.5, 0.6) is 0 Å². The number of hydrogen-bond acceptors (Lipinski definition) is 6. The lowest BCUT2D eigenvalue weighted by molar-refractivity contribution is 0.498. The number of nitrogens with zero attached hydrogens (tertiary/aromatic N) is 6. The second kappa shape index (κ2) is 5.49. The molecule has 0 unspecified atom stereocenters. The van der Waals surface area contributed by atoms with Gasteiger partial charge in [0.1, 0.15) is 5.82 Å². The van der Waals surface area contributed by atoms with Crippen molar-refractivity contribution in [3.05, 3.63) is 36.4 Å². The first-order valence-corrected chi connectivity index (χ1v) is 7.82. The van der Waals surface area contributed by atoms with Gasteiger partial charge in [0.15, 0.2) is 11.5 Å². The summed E-state index contributed by atoms with van der Waals surface area (Å²) in [6.07, 6.45) is 7.51. The minimum Gasteiger partial charge on any atom is -0.382 e. The predicted octanol–water partition coefficient (Wildman–Crippen LogP) is 1.72. The zero-order chi connectivity index (χ0) is 15.8. The van der Waals surface area contributed by atoms with E-state index in [1.165, 1.54) is 0 Å². The van der Waals surface area contributed by atoms with E-state index in [4.69, 9.17) is 10.7 Å². The molecular weight excluding hydrogens is 290 g/mol. The van der Waals surface area contributed by atoms with Gasteiger partial charge in [-0.1, -0.05) is 0 Å². The van der Waals surface area contributed by atoms with Gasteiger partial charge in [0.25, 0.3) is 0 Å². The van der Waals surface area contributed by atoms with Crippen LogP contribution in [-0.4, -0.2) is 37.8 Å². The molecule has 3 aromatic rings. The second-order valence-corrected chi connectivity index (χ2v) is 5.96. The van der Waals surface area contributed by atoms with Gasteiger partial charge in [0, 0.05) is 44.1 Å². The highest BCUT2D eigenvalue weighted by Crippen LogP contribution is 2.29. The van der Waals surface area contributed by atoms with E-state index < -0.39 is 0 Å². The summed E-state index contributed by atoms with van der Waals surface area (Å²) in [5.41, 5.74) is 7.84. The molecule has 1 atom stereocenters. The highest BCUT2D eigenvalue weighted by molar-refractivity contribution is 5.86. The number of aromatic nitrogens is 5. The van der Waals surface area contributed by atoms with Gasteiger partial charge in [-0.2, -0.15) is 5.10 Å². The molecule has 0 spiro atoms. The van der Waals surface area contributed by atoms with Gasteiger partial charge in [-0.25, -0.2) is 14.6 Å². The van der Waals surface area contributed by atoms with E-state index in [9.17, 15) is 0 Å². The number of pyridine rings is 1. The summed E-state index contributed by atoms with van der Waals surface area (Å²) in [5, 5.41) is 5.16. The average molecular weight is 309 g/mol. The first-order valence-electron chi connectivity index (χ1n) is 7.82. The van der Waals surface area contributed by atoms with Crippen LogP contribution < -0.4 is 10.6 Å². The van der Waals surface area contributed by atoms with Crippen LogP contribution in [0.2, 0.25) is 0 Å². The third-order valence-corrected chi connectivity index (χ3v) is 4.45. The van der Waals surface area contributed by atoms with Gasteiger partial charge in [-0.15, -0.1) is 0 Å². The predicted molar refractivity (Wildman–Crippen MR) is 89.1 cm³/mol. The number of piperidine rings is 1. The highest BCUT2D eigenvalue weighted by atomic mass is 15.3. The molecule has 23 heavy (non-hydrogen) atoms. The van der Waals surface area contributed by atoms with Crippen LogP contribution in [0.3, 0.4) is 0 Å². The summed E-state index contributed by atoms with van der Waals surface area (Å²) in [4.78, 5) is 15.7. The number of fused-ring (bicyclic) bond motifs is 1. The number of anilines is 2. The SMILES string of the molecule is Cn1nc(N)c2ccc([C@@H]3CCCN(c4cnccn4)C3)nc21. The van der Waals surface area contributed by atoms with E-state index in [0.717, 1.165) is 48.5 Å². The molecule has 0 aliphatic carbocycles. The van der Waals surface area contributed by atoms with Gasteiger partial charge in [-0.3, -0.25) is 4.98 Å². The fourth-order valence-corrected chi connectivity index (χ4v) is 3.28. The smallest absolute Gasteiger partial charge is 0.159 e. The topological polar surface area (TPSA) is 85.8 Å². The summed E-state index contributed by atoms with van der Waals surface area (Å²) < 4.78 is 1.75. The molecule has 1 aliphatic heterocycles. The molecule has 0 bridgehead atoms. The number of nitrogens with two attached hydrogens (primary N) is 1. The monoisotopic (exact) mass is 309 g/mol. The summed E-state index contributed by atoms with van der Waals surface area (Å²) in [7, 11) is 1.88. The maximum atomic E-state index is 5.91. The van der Waals surface area contributed by atoms with E-state index in [2.05, 4.69) is 26.0 Å². The van der Waals surface area contributed by atoms with Crippen molar-refractivity contribution in [2.45, 2.75) is 18.8 Å². The van der Waals surface area contributed by atoms with Crippen LogP contribution >= 0.6 is 0 Å². The third-order valence-electron chi connectivity index (χ3n) is 4.45. The van der Waals surface area contributed by atoms with Gasteiger partial charge >= 0.3 is 0 Å². The van der Waals surface area contributed by atoms with E-state index in [-0.39, 0.29) is 0 Å². The zero-order valence-electron chi connectivity index (χ0n) is 13.1. The maximum absolute atomic E-state index is 5.91. The van der Waals surface area contributed by atoms with Gasteiger partial charge in [-0.05, 0) is 25.0 Å². The molecular formula is C16H19N7. The molecule has 4 rings (SSSR count). The Labute approximate surface area is 134 Å². The Morgan fingerprint density at radius 3 is 3.00 bits per heavy atom. The number of aryl methyl sites for hydroxylation is 1. The van der Waals surface area contributed by atoms with E-state index in [1.54, 1.807) is 17.1 Å². The first-order chi connectivity index (χ1) is 11.2. The van der Waals surface area contributed by atoms with E-state index in [0.29, 0.717) is 11.7 Å². The van der Waals surface area contributed by atoms with Crippen LogP contribution in [0, 0.1) is 0 Å². The molecule has 1 saturated heterocycles. The summed E-state index contributed by atoms with van der Waals surface area (Å²) >= 11 is 0. The first kappa shape index (κ1) is 13.9. The lowest BCUT2D eigenvalue weighted by Gasteiger charge is -2.33. The standard InChI is InChI=1S/C16H19N7/c1-22-16-12(15(17)21-22)4-5-13(20-16)11-3-2-8-23(10-11)14-9-18-6-7-19-14/h4-7,9,11H,2-3,8,10H2,1H3,(H2,17,21)/t11-/m1/s1. The Morgan fingerprint density at radius 1 is 1.26 bits per heavy atom. The van der Waals surface area contributed by atoms with Gasteiger partial charge < -0.3 is 10.6 Å². The lowest BCUT2D eigenvalue weighted by atomic mass is 9.94. The fourth-order valence-electron chi connectivity index (χ4n) is 3.28. The van der Waals surface area contributed by atoms with Crippen molar-refractivity contribution in [3.63, 3.8) is 0 Å². The minimum absolute atomic E-state index is 0.381. The molecule has 0 aromatic carbocycles. The fraction of sp³-hybridized carbons (Fsp3) is 0.375. The van der Waals surface area contributed by atoms with Gasteiger partial charge in [0.05, 0.1) is 11.6 Å². The molecule has 0 radical (unpaired) electrons. The molecule has 3 aromatic heterocycles. The van der Waals surface area contributed by atoms with Crippen molar-refractivity contribution >= 4 is 22.7 Å². The summed E-state index contributed by atoms with van der Waals surface area (Å²) in [5.74, 6) is 1.85. The van der Waals surface area contributed by atoms with E-state index in [1.807, 2.05) is 19.3 Å². The highest BCUT2D eigenvalue weighted by Gasteiger charge is 2.24. The summed E-state index contributed by atoms with van der Waals surface area (Å²) in [6.45, 7) is 1.92. The van der Waals surface area contributed by atoms with Crippen molar-refractivity contribution in [1.29, 1.82) is 0 Å². The average Bonchev–Trinajstić information content (AvgIpc) is 2.90. The van der Waals surface area contributed by atoms with Crippen molar-refractivity contribution in [1.82, 2.24) is 24.7 Å². The molecule has 4 heterocycles. The normalized spacial score (nSPS) is 18.5. The van der Waals surface area contributed by atoms with Crippen LogP contribution in [-0.2, 0) is 7.05 Å². The Bertz CT molecular complexity index is 827. The number of rotatable bonds is 2. The quantitative estimate of drug-likeness (QED) is 0.776. The molecule has 7 heteroatoms. The zero-order valence-corrected chi connectivity index (χ0v) is 13.1. The second-order valence-electron chi connectivity index (χ2n) is 5.96. The molecule has 7 nitrogen and oxygen atoms in total. The van der Waals surface area contributed by atoms with Crippen molar-refractivity contribution in [2.75, 3.05) is 23.7 Å². The Hall–Kier alpha value is -2.70. The Kier molecular flexibility index (Phi) is 3.33. The van der Waals surface area contributed by atoms with E-state index >= 15 is 0 Å². The molecule has 0 saturated carbocycles. The molecule has 118 valence electrons. The molecule has 0 amide bonds. The van der Waals surface area contributed by atoms with Crippen molar-refractivity contribution in [2.24, 2.45) is 7.05 Å². The van der Waals surface area contributed by atoms with Gasteiger partial charge in [0.2, 0.25) is 0 Å². The Balaban J connectivity index is 1.63. The van der Waals surface area contributed by atoms with Crippen molar-refractivity contribution < 1.29 is 0 Å². The lowest BCUT2D eigenvalue weighted by Crippen LogP contribution is -2.35. The number of nitrogen functional groups attached to an aromatic ring is 1. The van der Waals surface area contributed by atoms with Crippen LogP contribution in [0.15, 0.2) is 30.7 Å². The van der Waals surface area contributed by atoms with Crippen LogP contribution in [0.4, 0.5) is 11.6 Å². The minimum atomic E-state index is 0.381. The molecule has 2 N–H and O–H groups in total. The van der Waals surface area contributed by atoms with Crippen molar-refractivity contribution in [3.8, 4) is 0 Å². The van der Waals surface area contributed by atoms with Crippen LogP contribution in [0.25, 0.3) is 11.0 Å².